The molecular weight excluding hydrogens is 380 g/mol. The van der Waals surface area contributed by atoms with Crippen molar-refractivity contribution in [2.75, 3.05) is 6.61 Å². The van der Waals surface area contributed by atoms with Gasteiger partial charge in [-0.15, -0.1) is 0 Å². The minimum absolute atomic E-state index is 0.313. The van der Waals surface area contributed by atoms with Gasteiger partial charge in [-0.25, -0.2) is 9.59 Å². The van der Waals surface area contributed by atoms with Crippen molar-refractivity contribution in [3.05, 3.63) is 75.4 Å². The van der Waals surface area contributed by atoms with E-state index in [1.165, 1.54) is 0 Å². The Kier molecular flexibility index (Phi) is 4.99. The van der Waals surface area contributed by atoms with E-state index >= 15 is 0 Å². The maximum absolute atomic E-state index is 12.8. The maximum Gasteiger partial charge on any atom is 0.344 e. The summed E-state index contributed by atoms with van der Waals surface area (Å²) in [5.74, 6) is -0.385. The molecule has 0 amide bonds. The fourth-order valence-electron chi connectivity index (χ4n) is 3.81. The van der Waals surface area contributed by atoms with Crippen molar-refractivity contribution in [1.29, 1.82) is 0 Å². The van der Waals surface area contributed by atoms with Crippen LogP contribution in [0.15, 0.2) is 51.7 Å². The predicted molar refractivity (Wildman–Crippen MR) is 116 cm³/mol. The average Bonchev–Trinajstić information content (AvgIpc) is 3.06. The van der Waals surface area contributed by atoms with Gasteiger partial charge in [0.1, 0.15) is 5.58 Å². The van der Waals surface area contributed by atoms with Crippen molar-refractivity contribution in [3.8, 4) is 22.3 Å². The molecule has 0 spiro atoms. The molecule has 0 saturated carbocycles. The number of fused-ring (bicyclic) bond motifs is 1. The molecule has 2 aromatic heterocycles. The molecule has 0 saturated heterocycles. The van der Waals surface area contributed by atoms with Crippen LogP contribution >= 0.6 is 0 Å². The fraction of sp³-hybridized carbons (Fsp3) is 0.208. The number of nitrogens with one attached hydrogen (secondary N) is 1. The Balaban J connectivity index is 1.80. The summed E-state index contributed by atoms with van der Waals surface area (Å²) in [7, 11) is 0. The number of benzene rings is 2. The Morgan fingerprint density at radius 1 is 1.03 bits per heavy atom. The quantitative estimate of drug-likeness (QED) is 0.385. The molecule has 0 aliphatic heterocycles. The Morgan fingerprint density at radius 2 is 1.73 bits per heavy atom. The summed E-state index contributed by atoms with van der Waals surface area (Å²) < 4.78 is 10.7. The van der Waals surface area contributed by atoms with E-state index in [9.17, 15) is 9.59 Å². The largest absolute Gasteiger partial charge is 0.462 e. The minimum atomic E-state index is -0.415. The number of aromatic amines is 1. The molecule has 0 bridgehead atoms. The number of nitrogens with zero attached hydrogens (tertiary/aromatic N) is 1. The lowest BCUT2D eigenvalue weighted by Crippen LogP contribution is -2.07. The normalized spacial score (nSPS) is 11.1. The number of carbonyl (C=O) groups excluding carboxylic acids is 1. The Morgan fingerprint density at radius 3 is 2.37 bits per heavy atom. The van der Waals surface area contributed by atoms with Crippen LogP contribution in [0.5, 0.6) is 0 Å². The van der Waals surface area contributed by atoms with Crippen LogP contribution in [0, 0.1) is 20.8 Å². The highest BCUT2D eigenvalue weighted by Gasteiger charge is 2.16. The monoisotopic (exact) mass is 402 g/mol. The molecule has 0 fully saturated rings. The van der Waals surface area contributed by atoms with Crippen LogP contribution in [-0.2, 0) is 4.74 Å². The van der Waals surface area contributed by atoms with Crippen LogP contribution in [0.1, 0.15) is 34.2 Å². The van der Waals surface area contributed by atoms with E-state index in [0.717, 1.165) is 33.5 Å². The zero-order valence-electron chi connectivity index (χ0n) is 17.3. The second-order valence-corrected chi connectivity index (χ2v) is 7.21. The van der Waals surface area contributed by atoms with Gasteiger partial charge >= 0.3 is 11.6 Å². The number of rotatable bonds is 4. The van der Waals surface area contributed by atoms with Crippen LogP contribution in [0.2, 0.25) is 0 Å². The van der Waals surface area contributed by atoms with E-state index in [0.29, 0.717) is 28.9 Å². The molecule has 30 heavy (non-hydrogen) atoms. The first-order valence-corrected chi connectivity index (χ1v) is 9.77. The van der Waals surface area contributed by atoms with Crippen molar-refractivity contribution in [2.24, 2.45) is 0 Å². The van der Waals surface area contributed by atoms with E-state index in [1.807, 2.05) is 39.0 Å². The van der Waals surface area contributed by atoms with Gasteiger partial charge in [-0.3, -0.25) is 5.10 Å². The van der Waals surface area contributed by atoms with E-state index in [-0.39, 0.29) is 5.97 Å². The second kappa shape index (κ2) is 7.63. The first-order valence-electron chi connectivity index (χ1n) is 9.77. The Bertz CT molecular complexity index is 1290. The number of hydrogen-bond donors (Lipinski definition) is 1. The average molecular weight is 402 g/mol. The molecule has 0 aliphatic carbocycles. The molecule has 152 valence electrons. The lowest BCUT2D eigenvalue weighted by atomic mass is 9.96. The lowest BCUT2D eigenvalue weighted by Gasteiger charge is -2.10. The Labute approximate surface area is 173 Å². The summed E-state index contributed by atoms with van der Waals surface area (Å²) in [5, 5.41) is 8.09. The SMILES string of the molecule is CCOC(=O)c1ccc(-c2c(C)c3ccc(-c4c(C)n[nH]c4C)cc3oc2=O)cc1. The van der Waals surface area contributed by atoms with Crippen LogP contribution < -0.4 is 5.63 Å². The Hall–Kier alpha value is -3.67. The number of ether oxygens (including phenoxy) is 1. The number of aromatic nitrogens is 2. The first kappa shape index (κ1) is 19.6. The van der Waals surface area contributed by atoms with Crippen LogP contribution in [0.3, 0.4) is 0 Å². The molecule has 2 aromatic carbocycles. The number of carbonyl (C=O) groups is 1. The highest BCUT2D eigenvalue weighted by Crippen LogP contribution is 2.32. The number of H-pyrrole nitrogens is 1. The third-order valence-electron chi connectivity index (χ3n) is 5.27. The second-order valence-electron chi connectivity index (χ2n) is 7.21. The van der Waals surface area contributed by atoms with Crippen LogP contribution in [-0.4, -0.2) is 22.8 Å². The maximum atomic E-state index is 12.8. The van der Waals surface area contributed by atoms with Gasteiger partial charge in [-0.05, 0) is 62.6 Å². The van der Waals surface area contributed by atoms with Gasteiger partial charge < -0.3 is 9.15 Å². The summed E-state index contributed by atoms with van der Waals surface area (Å²) in [6, 6.07) is 12.6. The third-order valence-corrected chi connectivity index (χ3v) is 5.27. The number of esters is 1. The van der Waals surface area contributed by atoms with E-state index in [4.69, 9.17) is 9.15 Å². The van der Waals surface area contributed by atoms with Crippen LogP contribution in [0.25, 0.3) is 33.2 Å². The van der Waals surface area contributed by atoms with E-state index in [1.54, 1.807) is 31.2 Å². The van der Waals surface area contributed by atoms with Gasteiger partial charge in [0.25, 0.3) is 0 Å². The summed E-state index contributed by atoms with van der Waals surface area (Å²) in [4.78, 5) is 24.7. The van der Waals surface area contributed by atoms with Crippen molar-refractivity contribution in [3.63, 3.8) is 0 Å². The smallest absolute Gasteiger partial charge is 0.344 e. The molecule has 0 radical (unpaired) electrons. The van der Waals surface area contributed by atoms with E-state index in [2.05, 4.69) is 10.2 Å². The van der Waals surface area contributed by atoms with Crippen molar-refractivity contribution >= 4 is 16.9 Å². The van der Waals surface area contributed by atoms with Crippen molar-refractivity contribution in [2.45, 2.75) is 27.7 Å². The molecule has 4 aromatic rings. The highest BCUT2D eigenvalue weighted by molar-refractivity contribution is 5.92. The standard InChI is InChI=1S/C24H22N2O4/c1-5-29-23(27)17-8-6-16(7-9-17)21-13(2)19-11-10-18(12-20(19)30-24(21)28)22-14(3)25-26-15(22)4/h6-12H,5H2,1-4H3,(H,25,26). The highest BCUT2D eigenvalue weighted by atomic mass is 16.5. The summed E-state index contributed by atoms with van der Waals surface area (Å²) in [6.45, 7) is 7.88. The fourth-order valence-corrected chi connectivity index (χ4v) is 3.81. The molecule has 4 rings (SSSR count). The zero-order chi connectivity index (χ0) is 21.4. The summed E-state index contributed by atoms with van der Waals surface area (Å²) in [6.07, 6.45) is 0. The molecule has 1 N–H and O–H groups in total. The number of hydrogen-bond acceptors (Lipinski definition) is 5. The first-order chi connectivity index (χ1) is 14.4. The molecule has 2 heterocycles. The topological polar surface area (TPSA) is 85.2 Å². The van der Waals surface area contributed by atoms with E-state index < -0.39 is 5.63 Å². The molecular formula is C24H22N2O4. The van der Waals surface area contributed by atoms with Crippen molar-refractivity contribution in [1.82, 2.24) is 10.2 Å². The van der Waals surface area contributed by atoms with Crippen LogP contribution in [0.4, 0.5) is 0 Å². The van der Waals surface area contributed by atoms with Gasteiger partial charge in [0, 0.05) is 16.6 Å². The third kappa shape index (κ3) is 3.30. The lowest BCUT2D eigenvalue weighted by molar-refractivity contribution is 0.0526. The van der Waals surface area contributed by atoms with Gasteiger partial charge in [0.2, 0.25) is 0 Å². The van der Waals surface area contributed by atoms with Gasteiger partial charge in [0.15, 0.2) is 0 Å². The minimum Gasteiger partial charge on any atom is -0.462 e. The molecule has 6 heteroatoms. The van der Waals surface area contributed by atoms with Gasteiger partial charge in [0.05, 0.1) is 23.4 Å². The molecule has 6 nitrogen and oxygen atoms in total. The van der Waals surface area contributed by atoms with Gasteiger partial charge in [-0.1, -0.05) is 24.3 Å². The number of aryl methyl sites for hydroxylation is 3. The zero-order valence-corrected chi connectivity index (χ0v) is 17.3. The molecule has 0 aliphatic rings. The molecule has 0 atom stereocenters. The summed E-state index contributed by atoms with van der Waals surface area (Å²) in [5.41, 5.74) is 6.38. The summed E-state index contributed by atoms with van der Waals surface area (Å²) >= 11 is 0. The van der Waals surface area contributed by atoms with Gasteiger partial charge in [-0.2, -0.15) is 5.10 Å². The predicted octanol–water partition coefficient (Wildman–Crippen LogP) is 4.95. The molecule has 0 unspecified atom stereocenters. The van der Waals surface area contributed by atoms with Crippen molar-refractivity contribution < 1.29 is 13.9 Å².